The quantitative estimate of drug-likeness (QED) is 0.311. The van der Waals surface area contributed by atoms with Crippen molar-refractivity contribution in [1.29, 1.82) is 0 Å². The van der Waals surface area contributed by atoms with Crippen LogP contribution in [0.1, 0.15) is 18.2 Å². The van der Waals surface area contributed by atoms with E-state index < -0.39 is 0 Å². The Hall–Kier alpha value is -4.99. The Morgan fingerprint density at radius 2 is 1.93 bits per heavy atom. The lowest BCUT2D eigenvalue weighted by atomic mass is 9.85. The van der Waals surface area contributed by atoms with Gasteiger partial charge in [0.05, 0.1) is 16.6 Å². The van der Waals surface area contributed by atoms with Gasteiger partial charge in [0.2, 0.25) is 0 Å². The highest BCUT2D eigenvalue weighted by Crippen LogP contribution is 2.49. The number of aryl methyl sites for hydroxylation is 4. The number of nitrogens with one attached hydrogen (secondary N) is 1. The molecule has 2 N–H and O–H groups in total. The Labute approximate surface area is 248 Å². The van der Waals surface area contributed by atoms with Gasteiger partial charge in [0.25, 0.3) is 5.91 Å². The molecule has 218 valence electrons. The van der Waals surface area contributed by atoms with Gasteiger partial charge in [0, 0.05) is 91.2 Å². The van der Waals surface area contributed by atoms with Gasteiger partial charge in [-0.1, -0.05) is 6.07 Å². The van der Waals surface area contributed by atoms with Gasteiger partial charge in [0.1, 0.15) is 11.6 Å². The third-order valence-corrected chi connectivity index (χ3v) is 9.07. The van der Waals surface area contributed by atoms with Crippen LogP contribution in [0.5, 0.6) is 11.6 Å². The zero-order chi connectivity index (χ0) is 29.2. The standard InChI is InChI=1S/C33H33N7O3/c1-3-40-26-10-7-20(43-19-28(41)39-14-12-38(13-15-39)27-6-4-5-11-34-27)16-22(26)30-23-17-35-33(42)31(23)29-21(32(30)40)8-9-25-24(29)18-37(2)36-25/h4-7,10-11,16-18,35,42H,3,8-9,12-15,19H2,1-2H3. The number of hydrogen-bond acceptors (Lipinski definition) is 6. The minimum absolute atomic E-state index is 0.0128. The van der Waals surface area contributed by atoms with Crippen LogP contribution in [-0.4, -0.2) is 73.0 Å². The average Bonchev–Trinajstić information content (AvgIpc) is 3.72. The van der Waals surface area contributed by atoms with E-state index in [-0.39, 0.29) is 18.4 Å². The molecule has 1 saturated heterocycles. The van der Waals surface area contributed by atoms with Crippen molar-refractivity contribution in [3.05, 3.63) is 66.2 Å². The first kappa shape index (κ1) is 25.7. The third-order valence-electron chi connectivity index (χ3n) is 9.07. The number of benzene rings is 2. The predicted molar refractivity (Wildman–Crippen MR) is 167 cm³/mol. The molecular formula is C33H33N7O3. The fraction of sp³-hybridized carbons (Fsp3) is 0.303. The second-order valence-electron chi connectivity index (χ2n) is 11.4. The number of anilines is 1. The molecule has 2 aliphatic rings. The number of fused-ring (bicyclic) bond motifs is 10. The van der Waals surface area contributed by atoms with Crippen LogP contribution < -0.4 is 9.64 Å². The van der Waals surface area contributed by atoms with E-state index in [1.54, 1.807) is 6.20 Å². The molecule has 0 bridgehead atoms. The van der Waals surface area contributed by atoms with Crippen molar-refractivity contribution in [3.63, 3.8) is 0 Å². The number of carbonyl (C=O) groups excluding carboxylic acids is 1. The highest BCUT2D eigenvalue weighted by atomic mass is 16.5. The Kier molecular flexibility index (Phi) is 5.85. The monoisotopic (exact) mass is 575 g/mol. The molecule has 0 atom stereocenters. The van der Waals surface area contributed by atoms with Crippen LogP contribution in [0, 0.1) is 0 Å². The number of H-pyrrole nitrogens is 1. The Balaban J connectivity index is 1.13. The highest BCUT2D eigenvalue weighted by Gasteiger charge is 2.30. The topological polar surface area (TPSA) is 104 Å². The highest BCUT2D eigenvalue weighted by molar-refractivity contribution is 6.26. The molecule has 0 unspecified atom stereocenters. The van der Waals surface area contributed by atoms with Crippen LogP contribution >= 0.6 is 0 Å². The molecule has 0 saturated carbocycles. The van der Waals surface area contributed by atoms with E-state index in [9.17, 15) is 9.90 Å². The number of pyridine rings is 1. The number of rotatable bonds is 5. The van der Waals surface area contributed by atoms with Crippen LogP contribution in [0.25, 0.3) is 43.7 Å². The largest absolute Gasteiger partial charge is 0.494 e. The molecule has 1 fully saturated rings. The lowest BCUT2D eigenvalue weighted by Crippen LogP contribution is -2.50. The number of hydrogen-bond donors (Lipinski definition) is 2. The van der Waals surface area contributed by atoms with Crippen LogP contribution in [0.4, 0.5) is 5.82 Å². The zero-order valence-electron chi connectivity index (χ0n) is 24.3. The summed E-state index contributed by atoms with van der Waals surface area (Å²) < 4.78 is 10.3. The first-order valence-electron chi connectivity index (χ1n) is 14.9. The van der Waals surface area contributed by atoms with E-state index in [1.807, 2.05) is 53.2 Å². The number of amides is 1. The molecule has 2 aromatic carbocycles. The van der Waals surface area contributed by atoms with Gasteiger partial charge in [-0.15, -0.1) is 0 Å². The van der Waals surface area contributed by atoms with Crippen LogP contribution in [-0.2, 0) is 31.2 Å². The van der Waals surface area contributed by atoms with Crippen molar-refractivity contribution >= 4 is 44.3 Å². The summed E-state index contributed by atoms with van der Waals surface area (Å²) in [5.41, 5.74) is 6.74. The van der Waals surface area contributed by atoms with Crippen LogP contribution in [0.3, 0.4) is 0 Å². The SMILES string of the molecule is CCn1c2ccc(OCC(=O)N3CCN(c4ccccn4)CC3)cc2c2c3c[nH]c(O)c3c3c(c21)CCc1nn(C)cc1-3. The van der Waals surface area contributed by atoms with Gasteiger partial charge < -0.3 is 29.2 Å². The molecule has 4 aromatic heterocycles. The van der Waals surface area contributed by atoms with E-state index in [1.165, 1.54) is 11.1 Å². The number of piperazine rings is 1. The predicted octanol–water partition coefficient (Wildman–Crippen LogP) is 4.62. The van der Waals surface area contributed by atoms with Crippen LogP contribution in [0.15, 0.2) is 55.0 Å². The first-order valence-corrected chi connectivity index (χ1v) is 14.9. The molecule has 1 aliphatic heterocycles. The molecule has 1 aliphatic carbocycles. The number of aromatic amines is 1. The molecular weight excluding hydrogens is 542 g/mol. The van der Waals surface area contributed by atoms with E-state index in [2.05, 4.69) is 38.6 Å². The summed E-state index contributed by atoms with van der Waals surface area (Å²) in [5, 5.41) is 19.7. The number of nitrogens with zero attached hydrogens (tertiary/aromatic N) is 6. The summed E-state index contributed by atoms with van der Waals surface area (Å²) in [4.78, 5) is 24.7. The lowest BCUT2D eigenvalue weighted by molar-refractivity contribution is -0.133. The van der Waals surface area contributed by atoms with Gasteiger partial charge in [-0.2, -0.15) is 5.10 Å². The van der Waals surface area contributed by atoms with Crippen LogP contribution in [0.2, 0.25) is 0 Å². The van der Waals surface area contributed by atoms with Gasteiger partial charge in [-0.25, -0.2) is 4.98 Å². The minimum atomic E-state index is -0.0176. The Morgan fingerprint density at radius 3 is 2.72 bits per heavy atom. The fourth-order valence-electron chi connectivity index (χ4n) is 7.14. The summed E-state index contributed by atoms with van der Waals surface area (Å²) in [6, 6.07) is 12.0. The molecule has 10 heteroatoms. The van der Waals surface area contributed by atoms with Gasteiger partial charge in [-0.05, 0) is 55.7 Å². The summed E-state index contributed by atoms with van der Waals surface area (Å²) >= 11 is 0. The number of carbonyl (C=O) groups is 1. The summed E-state index contributed by atoms with van der Waals surface area (Å²) in [6.07, 6.45) is 7.46. The van der Waals surface area contributed by atoms with Crippen molar-refractivity contribution in [2.45, 2.75) is 26.3 Å². The summed E-state index contributed by atoms with van der Waals surface area (Å²) in [6.45, 7) is 5.73. The molecule has 0 spiro atoms. The maximum Gasteiger partial charge on any atom is 0.260 e. The molecule has 43 heavy (non-hydrogen) atoms. The molecule has 8 rings (SSSR count). The van der Waals surface area contributed by atoms with Crippen molar-refractivity contribution in [1.82, 2.24) is 29.2 Å². The second kappa shape index (κ2) is 9.79. The zero-order valence-corrected chi connectivity index (χ0v) is 24.3. The maximum absolute atomic E-state index is 13.1. The Bertz CT molecular complexity index is 2030. The number of ether oxygens (including phenoxy) is 1. The molecule has 5 heterocycles. The summed E-state index contributed by atoms with van der Waals surface area (Å²) in [5.74, 6) is 1.75. The van der Waals surface area contributed by atoms with Crippen molar-refractivity contribution in [3.8, 4) is 22.8 Å². The van der Waals surface area contributed by atoms with E-state index in [4.69, 9.17) is 9.84 Å². The van der Waals surface area contributed by atoms with Crippen molar-refractivity contribution in [2.24, 2.45) is 7.05 Å². The van der Waals surface area contributed by atoms with E-state index in [0.29, 0.717) is 18.8 Å². The lowest BCUT2D eigenvalue weighted by Gasteiger charge is -2.35. The van der Waals surface area contributed by atoms with Gasteiger partial charge in [0.15, 0.2) is 12.5 Å². The average molecular weight is 576 g/mol. The number of aromatic nitrogens is 5. The third kappa shape index (κ3) is 3.96. The van der Waals surface area contributed by atoms with E-state index >= 15 is 0 Å². The van der Waals surface area contributed by atoms with Crippen molar-refractivity contribution in [2.75, 3.05) is 37.7 Å². The van der Waals surface area contributed by atoms with Crippen molar-refractivity contribution < 1.29 is 14.6 Å². The molecule has 10 nitrogen and oxygen atoms in total. The smallest absolute Gasteiger partial charge is 0.260 e. The summed E-state index contributed by atoms with van der Waals surface area (Å²) in [7, 11) is 1.95. The minimum Gasteiger partial charge on any atom is -0.494 e. The first-order chi connectivity index (χ1) is 21.0. The fourth-order valence-corrected chi connectivity index (χ4v) is 7.14. The maximum atomic E-state index is 13.1. The normalized spacial score (nSPS) is 14.9. The van der Waals surface area contributed by atoms with E-state index in [0.717, 1.165) is 82.2 Å². The number of aromatic hydroxyl groups is 1. The molecule has 6 aromatic rings. The molecule has 0 radical (unpaired) electrons. The second-order valence-corrected chi connectivity index (χ2v) is 11.4. The van der Waals surface area contributed by atoms with Gasteiger partial charge >= 0.3 is 0 Å². The molecule has 1 amide bonds. The van der Waals surface area contributed by atoms with Gasteiger partial charge in [-0.3, -0.25) is 9.48 Å². The Morgan fingerprint density at radius 1 is 1.07 bits per heavy atom.